The summed E-state index contributed by atoms with van der Waals surface area (Å²) in [7, 11) is 0. The van der Waals surface area contributed by atoms with Crippen molar-refractivity contribution < 1.29 is 27.0 Å². The van der Waals surface area contributed by atoms with E-state index in [1.165, 1.54) is 24.3 Å². The van der Waals surface area contributed by atoms with Crippen LogP contribution in [-0.4, -0.2) is 19.5 Å². The molecule has 1 saturated heterocycles. The van der Waals surface area contributed by atoms with Crippen LogP contribution in [-0.2, 0) is 15.9 Å². The molecule has 1 aliphatic heterocycles. The van der Waals surface area contributed by atoms with Crippen LogP contribution in [0.1, 0.15) is 24.0 Å². The summed E-state index contributed by atoms with van der Waals surface area (Å²) in [6.45, 7) is 5.71. The summed E-state index contributed by atoms with van der Waals surface area (Å²) in [4.78, 5) is 0. The van der Waals surface area contributed by atoms with Crippen molar-refractivity contribution in [3.8, 4) is 22.3 Å². The van der Waals surface area contributed by atoms with Crippen LogP contribution in [0.15, 0.2) is 61.2 Å². The topological polar surface area (TPSA) is 18.5 Å². The first-order valence-corrected chi connectivity index (χ1v) is 10.4. The van der Waals surface area contributed by atoms with Gasteiger partial charge in [0, 0.05) is 17.0 Å². The number of hydrogen-bond donors (Lipinski definition) is 0. The zero-order valence-corrected chi connectivity index (χ0v) is 17.5. The summed E-state index contributed by atoms with van der Waals surface area (Å²) in [6.07, 6.45) is 1.34. The molecule has 4 rings (SSSR count). The van der Waals surface area contributed by atoms with E-state index in [4.69, 9.17) is 9.47 Å². The van der Waals surface area contributed by atoms with E-state index in [1.54, 1.807) is 37.3 Å². The van der Waals surface area contributed by atoms with Crippen LogP contribution < -0.4 is 0 Å². The predicted molar refractivity (Wildman–Crippen MR) is 115 cm³/mol. The quantitative estimate of drug-likeness (QED) is 0.320. The normalized spacial score (nSPS) is 18.5. The molecule has 32 heavy (non-hydrogen) atoms. The molecule has 1 aliphatic rings. The molecular weight excluding hydrogens is 420 g/mol. The lowest BCUT2D eigenvalue weighted by Gasteiger charge is -2.28. The van der Waals surface area contributed by atoms with Crippen molar-refractivity contribution in [1.29, 1.82) is 0 Å². The second-order valence-electron chi connectivity index (χ2n) is 7.63. The third kappa shape index (κ3) is 4.08. The van der Waals surface area contributed by atoms with Crippen LogP contribution in [0.2, 0.25) is 0 Å². The minimum Gasteiger partial charge on any atom is -0.348 e. The zero-order valence-electron chi connectivity index (χ0n) is 17.5. The van der Waals surface area contributed by atoms with Gasteiger partial charge in [-0.1, -0.05) is 62.0 Å². The van der Waals surface area contributed by atoms with E-state index in [2.05, 4.69) is 6.58 Å². The molecule has 6 heteroatoms. The Morgan fingerprint density at radius 2 is 1.31 bits per heavy atom. The maximum atomic E-state index is 14.9. The summed E-state index contributed by atoms with van der Waals surface area (Å²) in [5.74, 6) is -4.15. The molecule has 1 heterocycles. The van der Waals surface area contributed by atoms with E-state index in [1.807, 2.05) is 0 Å². The first kappa shape index (κ1) is 22.2. The van der Waals surface area contributed by atoms with E-state index >= 15 is 0 Å². The van der Waals surface area contributed by atoms with Crippen LogP contribution in [0.25, 0.3) is 22.3 Å². The maximum Gasteiger partial charge on any atom is 0.176 e. The molecule has 2 nitrogen and oxygen atoms in total. The molecule has 0 N–H and O–H groups in total. The predicted octanol–water partition coefficient (Wildman–Crippen LogP) is 6.78. The lowest BCUT2D eigenvalue weighted by atomic mass is 9.94. The van der Waals surface area contributed by atoms with E-state index in [9.17, 15) is 17.6 Å². The highest BCUT2D eigenvalue weighted by molar-refractivity contribution is 5.71. The fraction of sp³-hybridized carbons (Fsp3) is 0.231. The third-order valence-corrected chi connectivity index (χ3v) is 5.72. The molecule has 0 spiro atoms. The smallest absolute Gasteiger partial charge is 0.176 e. The molecule has 0 radical (unpaired) electrons. The lowest BCUT2D eigenvalue weighted by molar-refractivity contribution is -0.159. The summed E-state index contributed by atoms with van der Waals surface area (Å²) >= 11 is 0. The van der Waals surface area contributed by atoms with Gasteiger partial charge in [0.2, 0.25) is 0 Å². The van der Waals surface area contributed by atoms with Gasteiger partial charge in [-0.3, -0.25) is 0 Å². The van der Waals surface area contributed by atoms with Crippen LogP contribution in [0, 0.1) is 23.3 Å². The van der Waals surface area contributed by atoms with Crippen LogP contribution >= 0.6 is 0 Å². The Hall–Kier alpha value is -2.96. The number of hydrogen-bond acceptors (Lipinski definition) is 2. The van der Waals surface area contributed by atoms with Crippen molar-refractivity contribution in [2.45, 2.75) is 25.6 Å². The van der Waals surface area contributed by atoms with E-state index in [0.717, 1.165) is 0 Å². The van der Waals surface area contributed by atoms with Crippen molar-refractivity contribution in [1.82, 2.24) is 0 Å². The highest BCUT2D eigenvalue weighted by atomic mass is 19.2. The Morgan fingerprint density at radius 1 is 0.781 bits per heavy atom. The summed E-state index contributed by atoms with van der Waals surface area (Å²) in [5, 5.41) is 0. The SMILES string of the molecule is C=CC1OCC(c2ccc(-c3ccc(-c4ccc(CC)c(F)c4F)cc3)c(F)c2F)CO1. The Balaban J connectivity index is 1.60. The largest absolute Gasteiger partial charge is 0.348 e. The highest BCUT2D eigenvalue weighted by Crippen LogP contribution is 2.33. The second-order valence-corrected chi connectivity index (χ2v) is 7.63. The number of rotatable bonds is 5. The van der Waals surface area contributed by atoms with Gasteiger partial charge in [-0.15, -0.1) is 0 Å². The number of aryl methyl sites for hydroxylation is 1. The summed E-state index contributed by atoms with van der Waals surface area (Å²) in [6, 6.07) is 12.3. The number of halogens is 4. The molecule has 1 fully saturated rings. The van der Waals surface area contributed by atoms with Gasteiger partial charge < -0.3 is 9.47 Å². The van der Waals surface area contributed by atoms with Gasteiger partial charge in [-0.25, -0.2) is 17.6 Å². The minimum atomic E-state index is -0.981. The first-order valence-electron chi connectivity index (χ1n) is 10.4. The van der Waals surface area contributed by atoms with Crippen molar-refractivity contribution >= 4 is 0 Å². The van der Waals surface area contributed by atoms with Gasteiger partial charge in [-0.05, 0) is 34.8 Å². The van der Waals surface area contributed by atoms with E-state index in [-0.39, 0.29) is 29.9 Å². The Bertz CT molecular complexity index is 1130. The second kappa shape index (κ2) is 9.27. The molecule has 0 bridgehead atoms. The van der Waals surface area contributed by atoms with Crippen molar-refractivity contribution in [3.63, 3.8) is 0 Å². The third-order valence-electron chi connectivity index (χ3n) is 5.72. The van der Waals surface area contributed by atoms with Crippen LogP contribution in [0.3, 0.4) is 0 Å². The zero-order chi connectivity index (χ0) is 22.8. The molecule has 0 aliphatic carbocycles. The highest BCUT2D eigenvalue weighted by Gasteiger charge is 2.26. The van der Waals surface area contributed by atoms with Gasteiger partial charge in [0.15, 0.2) is 29.6 Å². The maximum absolute atomic E-state index is 14.9. The average molecular weight is 442 g/mol. The average Bonchev–Trinajstić information content (AvgIpc) is 2.83. The minimum absolute atomic E-state index is 0.0763. The van der Waals surface area contributed by atoms with Gasteiger partial charge in [-0.2, -0.15) is 0 Å². The van der Waals surface area contributed by atoms with Gasteiger partial charge in [0.25, 0.3) is 0 Å². The molecule has 166 valence electrons. The number of benzene rings is 3. The van der Waals surface area contributed by atoms with Gasteiger partial charge in [0.05, 0.1) is 13.2 Å². The van der Waals surface area contributed by atoms with E-state index < -0.39 is 35.5 Å². The fourth-order valence-corrected chi connectivity index (χ4v) is 3.85. The molecule has 3 aromatic carbocycles. The van der Waals surface area contributed by atoms with Gasteiger partial charge >= 0.3 is 0 Å². The lowest BCUT2D eigenvalue weighted by Crippen LogP contribution is -2.30. The molecule has 0 saturated carbocycles. The van der Waals surface area contributed by atoms with Gasteiger partial charge in [0.1, 0.15) is 0 Å². The molecule has 0 unspecified atom stereocenters. The summed E-state index contributed by atoms with van der Waals surface area (Å²) in [5.41, 5.74) is 1.54. The first-order chi connectivity index (χ1) is 15.4. The van der Waals surface area contributed by atoms with Crippen molar-refractivity contribution in [3.05, 3.63) is 95.6 Å². The molecule has 0 aromatic heterocycles. The monoisotopic (exact) mass is 442 g/mol. The fourth-order valence-electron chi connectivity index (χ4n) is 3.85. The van der Waals surface area contributed by atoms with Crippen molar-refractivity contribution in [2.24, 2.45) is 0 Å². The number of ether oxygens (including phenoxy) is 2. The molecule has 0 amide bonds. The standard InChI is InChI=1S/C26H22F4O2/c1-3-15-9-10-19(24(28)23(15)27)16-5-7-17(8-6-16)20-11-12-21(26(30)25(20)29)18-13-31-22(4-2)32-14-18/h4-12,18,22H,2-3,13-14H2,1H3. The van der Waals surface area contributed by atoms with Crippen LogP contribution in [0.4, 0.5) is 17.6 Å². The Morgan fingerprint density at radius 3 is 1.84 bits per heavy atom. The molecule has 0 atom stereocenters. The molecule has 3 aromatic rings. The Kier molecular flexibility index (Phi) is 6.44. The van der Waals surface area contributed by atoms with Crippen molar-refractivity contribution in [2.75, 3.05) is 13.2 Å². The Labute approximate surface area is 184 Å². The van der Waals surface area contributed by atoms with Crippen LogP contribution in [0.5, 0.6) is 0 Å². The molecular formula is C26H22F4O2. The van der Waals surface area contributed by atoms with E-state index in [0.29, 0.717) is 23.1 Å². The summed E-state index contributed by atoms with van der Waals surface area (Å²) < 4.78 is 69.1.